The number of rotatable bonds is 5. The van der Waals surface area contributed by atoms with Crippen LogP contribution in [-0.2, 0) is 4.79 Å². The van der Waals surface area contributed by atoms with Crippen LogP contribution in [0.15, 0.2) is 36.4 Å². The van der Waals surface area contributed by atoms with Crippen molar-refractivity contribution in [1.29, 1.82) is 0 Å². The molecule has 1 aliphatic rings. The molecule has 0 bridgehead atoms. The predicted octanol–water partition coefficient (Wildman–Crippen LogP) is 2.39. The molecule has 0 aromatic heterocycles. The van der Waals surface area contributed by atoms with E-state index in [0.717, 1.165) is 12.1 Å². The van der Waals surface area contributed by atoms with Crippen LogP contribution in [0.3, 0.4) is 0 Å². The second-order valence-corrected chi connectivity index (χ2v) is 6.16. The van der Waals surface area contributed by atoms with Crippen LogP contribution in [0.2, 0.25) is 0 Å². The number of halogens is 2. The van der Waals surface area contributed by atoms with Crippen molar-refractivity contribution in [3.63, 3.8) is 0 Å². The molecule has 3 N–H and O–H groups in total. The molecule has 1 aliphatic heterocycles. The Balaban J connectivity index is 1.78. The fraction of sp³-hybridized carbons (Fsp3) is 0.263. The number of methoxy groups -OCH3 is 2. The molecule has 148 valence electrons. The molecule has 3 rings (SSSR count). The monoisotopic (exact) mass is 391 g/mol. The molecule has 0 unspecified atom stereocenters. The summed E-state index contributed by atoms with van der Waals surface area (Å²) in [6.07, 6.45) is 0. The third kappa shape index (κ3) is 3.98. The SMILES string of the molecule is COc1cccc(NC(=O)N[C@@H]2C(=O)NC[C@H]2c2c(F)cc(OC)cc2F)c1. The maximum atomic E-state index is 14.4. The molecule has 2 aromatic rings. The van der Waals surface area contributed by atoms with E-state index in [1.54, 1.807) is 24.3 Å². The van der Waals surface area contributed by atoms with Gasteiger partial charge in [-0.2, -0.15) is 0 Å². The Bertz CT molecular complexity index is 883. The predicted molar refractivity (Wildman–Crippen MR) is 97.6 cm³/mol. The average Bonchev–Trinajstić information content (AvgIpc) is 3.01. The van der Waals surface area contributed by atoms with Crippen molar-refractivity contribution in [3.05, 3.63) is 53.6 Å². The fourth-order valence-corrected chi connectivity index (χ4v) is 3.10. The smallest absolute Gasteiger partial charge is 0.319 e. The first-order chi connectivity index (χ1) is 13.4. The van der Waals surface area contributed by atoms with Crippen LogP contribution in [0.1, 0.15) is 11.5 Å². The summed E-state index contributed by atoms with van der Waals surface area (Å²) in [5, 5.41) is 7.57. The number of hydrogen-bond donors (Lipinski definition) is 3. The van der Waals surface area contributed by atoms with Gasteiger partial charge in [0.1, 0.15) is 29.2 Å². The van der Waals surface area contributed by atoms with Gasteiger partial charge in [-0.05, 0) is 12.1 Å². The van der Waals surface area contributed by atoms with Gasteiger partial charge in [-0.25, -0.2) is 13.6 Å². The van der Waals surface area contributed by atoms with Crippen LogP contribution in [0.4, 0.5) is 19.3 Å². The number of benzene rings is 2. The molecule has 1 heterocycles. The number of amides is 3. The van der Waals surface area contributed by atoms with Gasteiger partial charge in [0.15, 0.2) is 0 Å². The van der Waals surface area contributed by atoms with Crippen molar-refractivity contribution in [2.24, 2.45) is 0 Å². The van der Waals surface area contributed by atoms with E-state index in [-0.39, 0.29) is 17.9 Å². The molecule has 1 fully saturated rings. The zero-order valence-electron chi connectivity index (χ0n) is 15.2. The number of urea groups is 1. The maximum Gasteiger partial charge on any atom is 0.319 e. The highest BCUT2D eigenvalue weighted by Gasteiger charge is 2.40. The van der Waals surface area contributed by atoms with E-state index < -0.39 is 35.5 Å². The summed E-state index contributed by atoms with van der Waals surface area (Å²) >= 11 is 0. The molecule has 0 radical (unpaired) electrons. The molecular formula is C19H19F2N3O4. The van der Waals surface area contributed by atoms with Crippen molar-refractivity contribution >= 4 is 17.6 Å². The third-order valence-electron chi connectivity index (χ3n) is 4.45. The lowest BCUT2D eigenvalue weighted by Gasteiger charge is -2.20. The van der Waals surface area contributed by atoms with E-state index in [1.807, 2.05) is 0 Å². The normalized spacial score (nSPS) is 18.4. The molecule has 0 saturated carbocycles. The molecule has 7 nitrogen and oxygen atoms in total. The van der Waals surface area contributed by atoms with E-state index in [4.69, 9.17) is 9.47 Å². The number of ether oxygens (including phenoxy) is 2. The van der Waals surface area contributed by atoms with Gasteiger partial charge < -0.3 is 25.4 Å². The van der Waals surface area contributed by atoms with Gasteiger partial charge in [-0.15, -0.1) is 0 Å². The topological polar surface area (TPSA) is 88.7 Å². The zero-order chi connectivity index (χ0) is 20.3. The highest BCUT2D eigenvalue weighted by molar-refractivity contribution is 5.95. The summed E-state index contributed by atoms with van der Waals surface area (Å²) in [5.74, 6) is -2.57. The van der Waals surface area contributed by atoms with Crippen LogP contribution in [0.25, 0.3) is 0 Å². The Morgan fingerprint density at radius 2 is 1.79 bits per heavy atom. The van der Waals surface area contributed by atoms with Crippen LogP contribution in [-0.4, -0.2) is 38.7 Å². The van der Waals surface area contributed by atoms with Crippen LogP contribution in [0.5, 0.6) is 11.5 Å². The molecule has 2 aromatic carbocycles. The summed E-state index contributed by atoms with van der Waals surface area (Å²) in [4.78, 5) is 24.5. The van der Waals surface area contributed by atoms with Crippen molar-refractivity contribution < 1.29 is 27.8 Å². The van der Waals surface area contributed by atoms with Crippen LogP contribution in [0, 0.1) is 11.6 Å². The minimum atomic E-state index is -1.14. The van der Waals surface area contributed by atoms with E-state index >= 15 is 0 Å². The molecule has 0 aliphatic carbocycles. The second-order valence-electron chi connectivity index (χ2n) is 6.16. The minimum absolute atomic E-state index is 0.0108. The lowest BCUT2D eigenvalue weighted by molar-refractivity contribution is -0.120. The molecule has 3 amide bonds. The molecule has 28 heavy (non-hydrogen) atoms. The molecule has 9 heteroatoms. The quantitative estimate of drug-likeness (QED) is 0.730. The van der Waals surface area contributed by atoms with Crippen molar-refractivity contribution in [2.45, 2.75) is 12.0 Å². The zero-order valence-corrected chi connectivity index (χ0v) is 15.2. The second kappa shape index (κ2) is 8.12. The maximum absolute atomic E-state index is 14.4. The van der Waals surface area contributed by atoms with Gasteiger partial charge in [0.25, 0.3) is 0 Å². The van der Waals surface area contributed by atoms with Crippen molar-refractivity contribution in [2.75, 3.05) is 26.1 Å². The molecule has 0 spiro atoms. The van der Waals surface area contributed by atoms with Crippen molar-refractivity contribution in [1.82, 2.24) is 10.6 Å². The van der Waals surface area contributed by atoms with Gasteiger partial charge in [-0.1, -0.05) is 6.07 Å². The summed E-state index contributed by atoms with van der Waals surface area (Å²) in [6.45, 7) is -0.0108. The number of nitrogens with one attached hydrogen (secondary N) is 3. The van der Waals surface area contributed by atoms with E-state index in [9.17, 15) is 18.4 Å². The van der Waals surface area contributed by atoms with Crippen molar-refractivity contribution in [3.8, 4) is 11.5 Å². The number of carbonyl (C=O) groups is 2. The number of anilines is 1. The van der Waals surface area contributed by atoms with Gasteiger partial charge in [-0.3, -0.25) is 4.79 Å². The van der Waals surface area contributed by atoms with Gasteiger partial charge in [0.2, 0.25) is 5.91 Å². The highest BCUT2D eigenvalue weighted by Crippen LogP contribution is 2.31. The Labute approximate surface area is 160 Å². The first kappa shape index (κ1) is 19.4. The third-order valence-corrected chi connectivity index (χ3v) is 4.45. The number of hydrogen-bond acceptors (Lipinski definition) is 4. The van der Waals surface area contributed by atoms with E-state index in [2.05, 4.69) is 16.0 Å². The largest absolute Gasteiger partial charge is 0.497 e. The Morgan fingerprint density at radius 1 is 1.11 bits per heavy atom. The summed E-state index contributed by atoms with van der Waals surface area (Å²) in [6, 6.07) is 6.87. The number of carbonyl (C=O) groups excluding carboxylic acids is 2. The summed E-state index contributed by atoms with van der Waals surface area (Å²) in [5.41, 5.74) is 0.152. The average molecular weight is 391 g/mol. The first-order valence-corrected chi connectivity index (χ1v) is 8.45. The molecular weight excluding hydrogens is 372 g/mol. The van der Waals surface area contributed by atoms with Gasteiger partial charge >= 0.3 is 6.03 Å². The molecule has 2 atom stereocenters. The van der Waals surface area contributed by atoms with Gasteiger partial charge in [0, 0.05) is 41.9 Å². The lowest BCUT2D eigenvalue weighted by Crippen LogP contribution is -2.45. The van der Waals surface area contributed by atoms with Crippen LogP contribution < -0.4 is 25.4 Å². The van der Waals surface area contributed by atoms with E-state index in [0.29, 0.717) is 11.4 Å². The molecule has 1 saturated heterocycles. The van der Waals surface area contributed by atoms with Gasteiger partial charge in [0.05, 0.1) is 14.2 Å². The fourth-order valence-electron chi connectivity index (χ4n) is 3.10. The Hall–Kier alpha value is -3.36. The summed E-state index contributed by atoms with van der Waals surface area (Å²) in [7, 11) is 2.78. The van der Waals surface area contributed by atoms with Crippen LogP contribution >= 0.6 is 0 Å². The lowest BCUT2D eigenvalue weighted by atomic mass is 9.93. The standard InChI is InChI=1S/C19H19F2N3O4/c1-27-11-5-3-4-10(6-11)23-19(26)24-17-13(9-22-18(17)25)16-14(20)7-12(28-2)8-15(16)21/h3-8,13,17H,9H2,1-2H3,(H,22,25)(H2,23,24,26)/t13-,17-/m0/s1. The summed E-state index contributed by atoms with van der Waals surface area (Å²) < 4.78 is 38.7. The Morgan fingerprint density at radius 3 is 2.43 bits per heavy atom. The minimum Gasteiger partial charge on any atom is -0.497 e. The Kier molecular flexibility index (Phi) is 5.62. The first-order valence-electron chi connectivity index (χ1n) is 8.45. The van der Waals surface area contributed by atoms with E-state index in [1.165, 1.54) is 14.2 Å². The highest BCUT2D eigenvalue weighted by atomic mass is 19.1.